The maximum Gasteiger partial charge on any atom is 0.500 e. The third-order valence-electron chi connectivity index (χ3n) is 5.22. The number of aryl methyl sites for hydroxylation is 1. The molecule has 0 amide bonds. The maximum atomic E-state index is 10.7. The quantitative estimate of drug-likeness (QED) is 0.200. The van der Waals surface area contributed by atoms with Gasteiger partial charge in [-0.2, -0.15) is 0 Å². The minimum atomic E-state index is -2.59. The van der Waals surface area contributed by atoms with Crippen molar-refractivity contribution in [2.45, 2.75) is 46.1 Å². The number of ether oxygens (including phenoxy) is 1. The number of unbranched alkanes of at least 4 members (excludes halogenated alkanes) is 1. The van der Waals surface area contributed by atoms with Crippen molar-refractivity contribution in [2.75, 3.05) is 26.9 Å². The summed E-state index contributed by atoms with van der Waals surface area (Å²) >= 11 is 0. The molecule has 0 aliphatic carbocycles. The van der Waals surface area contributed by atoms with Crippen LogP contribution in [-0.4, -0.2) is 46.8 Å². The van der Waals surface area contributed by atoms with Crippen LogP contribution in [-0.2, 0) is 24.5 Å². The molecule has 0 atom stereocenters. The zero-order valence-corrected chi connectivity index (χ0v) is 21.1. The number of aliphatic carboxylic acids is 1. The molecule has 2 rings (SSSR count). The van der Waals surface area contributed by atoms with Crippen molar-refractivity contribution in [3.8, 4) is 16.9 Å². The van der Waals surface area contributed by atoms with Crippen molar-refractivity contribution in [3.63, 3.8) is 0 Å². The SMILES string of the molecule is CCO[Si](CCCCc1ccc(-c2ccc(/C=C/C(=O)O)cc2)cc1OC)(OCC)OCC. The fraction of sp³-hybridized carbons (Fsp3) is 0.423. The van der Waals surface area contributed by atoms with Crippen LogP contribution in [0.1, 0.15) is 44.7 Å². The molecule has 0 aliphatic heterocycles. The number of hydrogen-bond donors (Lipinski definition) is 1. The summed E-state index contributed by atoms with van der Waals surface area (Å²) in [5.41, 5.74) is 4.11. The largest absolute Gasteiger partial charge is 0.500 e. The van der Waals surface area contributed by atoms with Gasteiger partial charge in [-0.15, -0.1) is 0 Å². The number of benzene rings is 2. The molecular formula is C26H36O6Si. The lowest BCUT2D eigenvalue weighted by Gasteiger charge is -2.28. The van der Waals surface area contributed by atoms with Crippen molar-refractivity contribution in [2.24, 2.45) is 0 Å². The molecule has 1 N–H and O–H groups in total. The summed E-state index contributed by atoms with van der Waals surface area (Å²) in [7, 11) is -0.900. The van der Waals surface area contributed by atoms with E-state index < -0.39 is 14.8 Å². The maximum absolute atomic E-state index is 10.7. The molecule has 0 saturated carbocycles. The van der Waals surface area contributed by atoms with E-state index in [-0.39, 0.29) is 0 Å². The Kier molecular flexibility index (Phi) is 11.3. The molecule has 7 heteroatoms. The van der Waals surface area contributed by atoms with Crippen LogP contribution in [0.2, 0.25) is 6.04 Å². The molecule has 0 spiro atoms. The number of carboxylic acids is 1. The van der Waals surface area contributed by atoms with E-state index >= 15 is 0 Å². The Balaban J connectivity index is 2.02. The molecular weight excluding hydrogens is 436 g/mol. The average molecular weight is 473 g/mol. The summed E-state index contributed by atoms with van der Waals surface area (Å²) in [6.07, 6.45) is 5.56. The van der Waals surface area contributed by atoms with Crippen LogP contribution >= 0.6 is 0 Å². The summed E-state index contributed by atoms with van der Waals surface area (Å²) < 4.78 is 23.5. The lowest BCUT2D eigenvalue weighted by Crippen LogP contribution is -2.45. The Morgan fingerprint density at radius 2 is 1.52 bits per heavy atom. The van der Waals surface area contributed by atoms with Gasteiger partial charge >= 0.3 is 14.8 Å². The van der Waals surface area contributed by atoms with Crippen molar-refractivity contribution in [3.05, 3.63) is 59.7 Å². The van der Waals surface area contributed by atoms with Crippen LogP contribution in [0.3, 0.4) is 0 Å². The van der Waals surface area contributed by atoms with Gasteiger partial charge in [-0.1, -0.05) is 36.4 Å². The number of rotatable bonds is 15. The molecule has 33 heavy (non-hydrogen) atoms. The van der Waals surface area contributed by atoms with Gasteiger partial charge in [0.15, 0.2) is 0 Å². The second-order valence-electron chi connectivity index (χ2n) is 7.51. The Labute approximate surface area is 198 Å². The highest BCUT2D eigenvalue weighted by atomic mass is 28.4. The van der Waals surface area contributed by atoms with Crippen molar-refractivity contribution in [1.82, 2.24) is 0 Å². The molecule has 0 fully saturated rings. The molecule has 0 aliphatic rings. The van der Waals surface area contributed by atoms with E-state index in [0.717, 1.165) is 53.8 Å². The topological polar surface area (TPSA) is 74.2 Å². The van der Waals surface area contributed by atoms with Crippen LogP contribution in [0.5, 0.6) is 5.75 Å². The van der Waals surface area contributed by atoms with Crippen LogP contribution < -0.4 is 4.74 Å². The Morgan fingerprint density at radius 1 is 0.909 bits per heavy atom. The first-order valence-electron chi connectivity index (χ1n) is 11.6. The highest BCUT2D eigenvalue weighted by Gasteiger charge is 2.39. The van der Waals surface area contributed by atoms with E-state index in [1.54, 1.807) is 13.2 Å². The lowest BCUT2D eigenvalue weighted by atomic mass is 9.99. The van der Waals surface area contributed by atoms with E-state index in [1.807, 2.05) is 45.0 Å². The average Bonchev–Trinajstić information content (AvgIpc) is 2.81. The first-order valence-corrected chi connectivity index (χ1v) is 13.5. The summed E-state index contributed by atoms with van der Waals surface area (Å²) in [5.74, 6) is -0.0913. The predicted octanol–water partition coefficient (Wildman–Crippen LogP) is 5.83. The monoisotopic (exact) mass is 472 g/mol. The fourth-order valence-corrected chi connectivity index (χ4v) is 6.43. The smallest absolute Gasteiger partial charge is 0.496 e. The third kappa shape index (κ3) is 8.44. The van der Waals surface area contributed by atoms with Gasteiger partial charge in [-0.05, 0) is 74.4 Å². The zero-order valence-electron chi connectivity index (χ0n) is 20.1. The molecule has 180 valence electrons. The second-order valence-corrected chi connectivity index (χ2v) is 10.2. The summed E-state index contributed by atoms with van der Waals surface area (Å²) in [4.78, 5) is 10.7. The van der Waals surface area contributed by atoms with Crippen LogP contribution in [0, 0.1) is 0 Å². The van der Waals surface area contributed by atoms with Crippen molar-refractivity contribution < 1.29 is 27.9 Å². The van der Waals surface area contributed by atoms with Crippen LogP contribution in [0.15, 0.2) is 48.5 Å². The number of carbonyl (C=O) groups is 1. The number of carboxylic acid groups (broad SMARTS) is 1. The van der Waals surface area contributed by atoms with Gasteiger partial charge in [0.05, 0.1) is 7.11 Å². The van der Waals surface area contributed by atoms with Crippen LogP contribution in [0.25, 0.3) is 17.2 Å². The first-order chi connectivity index (χ1) is 16.0. The Hall–Kier alpha value is -2.45. The predicted molar refractivity (Wildman–Crippen MR) is 133 cm³/mol. The third-order valence-corrected chi connectivity index (χ3v) is 8.37. The van der Waals surface area contributed by atoms with Gasteiger partial charge < -0.3 is 23.1 Å². The molecule has 2 aromatic rings. The van der Waals surface area contributed by atoms with Gasteiger partial charge in [0.25, 0.3) is 0 Å². The van der Waals surface area contributed by atoms with Gasteiger partial charge in [-0.25, -0.2) is 4.79 Å². The lowest BCUT2D eigenvalue weighted by molar-refractivity contribution is -0.131. The van der Waals surface area contributed by atoms with Crippen LogP contribution in [0.4, 0.5) is 0 Å². The van der Waals surface area contributed by atoms with E-state index in [0.29, 0.717) is 19.8 Å². The molecule has 2 aromatic carbocycles. The van der Waals surface area contributed by atoms with Gasteiger partial charge in [0.2, 0.25) is 0 Å². The molecule has 0 aromatic heterocycles. The highest BCUT2D eigenvalue weighted by Crippen LogP contribution is 2.29. The second kappa shape index (κ2) is 13.9. The summed E-state index contributed by atoms with van der Waals surface area (Å²) in [5, 5.41) is 8.76. The van der Waals surface area contributed by atoms with Gasteiger partial charge in [-0.3, -0.25) is 0 Å². The molecule has 0 heterocycles. The van der Waals surface area contributed by atoms with E-state index in [9.17, 15) is 4.79 Å². The first kappa shape index (κ1) is 26.8. The summed E-state index contributed by atoms with van der Waals surface area (Å²) in [6, 6.07) is 14.8. The normalized spacial score (nSPS) is 11.8. The molecule has 0 radical (unpaired) electrons. The van der Waals surface area contributed by atoms with E-state index in [2.05, 4.69) is 18.2 Å². The molecule has 0 bridgehead atoms. The minimum absolute atomic E-state index is 0.596. The van der Waals surface area contributed by atoms with Crippen molar-refractivity contribution >= 4 is 20.8 Å². The highest BCUT2D eigenvalue weighted by molar-refractivity contribution is 6.60. The number of hydrogen-bond acceptors (Lipinski definition) is 5. The molecule has 6 nitrogen and oxygen atoms in total. The molecule has 0 saturated heterocycles. The summed E-state index contributed by atoms with van der Waals surface area (Å²) in [6.45, 7) is 7.72. The van der Waals surface area contributed by atoms with E-state index in [1.165, 1.54) is 5.56 Å². The zero-order chi connectivity index (χ0) is 24.1. The van der Waals surface area contributed by atoms with Gasteiger partial charge in [0, 0.05) is 31.9 Å². The van der Waals surface area contributed by atoms with Gasteiger partial charge in [0.1, 0.15) is 5.75 Å². The number of methoxy groups -OCH3 is 1. The van der Waals surface area contributed by atoms with Crippen molar-refractivity contribution in [1.29, 1.82) is 0 Å². The van der Waals surface area contributed by atoms with E-state index in [4.69, 9.17) is 23.1 Å². The fourth-order valence-electron chi connectivity index (χ4n) is 3.74. The Morgan fingerprint density at radius 3 is 2.06 bits per heavy atom. The Bertz CT molecular complexity index is 877. The standard InChI is InChI=1S/C26H36O6Si/c1-5-30-33(31-6-2,32-7-3)19-9-8-10-23-16-17-24(20-25(23)29-4)22-14-11-21(12-15-22)13-18-26(27)28/h11-18,20H,5-10,19H2,1-4H3,(H,27,28)/b18-13+. The molecule has 0 unspecified atom stereocenters. The minimum Gasteiger partial charge on any atom is -0.496 e.